The number of hydrogen-bond donors (Lipinski definition) is 0. The van der Waals surface area contributed by atoms with E-state index >= 15 is 0 Å². The fourth-order valence-corrected chi connectivity index (χ4v) is 6.15. The van der Waals surface area contributed by atoms with Crippen LogP contribution in [0.3, 0.4) is 0 Å². The second-order valence-corrected chi connectivity index (χ2v) is 11.0. The van der Waals surface area contributed by atoms with E-state index in [1.807, 2.05) is 50.2 Å². The number of esters is 1. The molecule has 7 nitrogen and oxygen atoms in total. The number of carbonyl (C=O) groups is 1. The summed E-state index contributed by atoms with van der Waals surface area (Å²) in [6.45, 7) is 7.57. The number of thiazole rings is 1. The van der Waals surface area contributed by atoms with Gasteiger partial charge in [-0.3, -0.25) is 9.36 Å². The van der Waals surface area contributed by atoms with E-state index in [2.05, 4.69) is 0 Å². The van der Waals surface area contributed by atoms with Crippen molar-refractivity contribution in [3.63, 3.8) is 0 Å². The van der Waals surface area contributed by atoms with Crippen LogP contribution in [0, 0.1) is 0 Å². The second kappa shape index (κ2) is 11.3. The Balaban J connectivity index is 1.83. The summed E-state index contributed by atoms with van der Waals surface area (Å²) in [5.41, 5.74) is 1.85. The highest BCUT2D eigenvalue weighted by atomic mass is 35.5. The molecule has 0 amide bonds. The third-order valence-corrected chi connectivity index (χ3v) is 7.78. The zero-order chi connectivity index (χ0) is 28.6. The number of nitrogens with zero attached hydrogens (tertiary/aromatic N) is 2. The van der Waals surface area contributed by atoms with Gasteiger partial charge in [0.05, 0.1) is 35.6 Å². The lowest BCUT2D eigenvalue weighted by Gasteiger charge is -2.27. The molecule has 1 aliphatic rings. The Bertz CT molecular complexity index is 1840. The number of aromatic nitrogens is 1. The van der Waals surface area contributed by atoms with E-state index in [0.29, 0.717) is 48.3 Å². The number of allylic oxidation sites excluding steroid dienone is 1. The van der Waals surface area contributed by atoms with E-state index < -0.39 is 12.0 Å². The van der Waals surface area contributed by atoms with Crippen molar-refractivity contribution in [2.45, 2.75) is 39.8 Å². The van der Waals surface area contributed by atoms with Crippen molar-refractivity contribution in [1.82, 2.24) is 4.57 Å². The number of rotatable bonds is 7. The van der Waals surface area contributed by atoms with Gasteiger partial charge in [-0.15, -0.1) is 0 Å². The quantitative estimate of drug-likeness (QED) is 0.275. The van der Waals surface area contributed by atoms with Crippen molar-refractivity contribution in [2.24, 2.45) is 4.99 Å². The van der Waals surface area contributed by atoms with Crippen LogP contribution in [0.1, 0.15) is 44.9 Å². The maximum absolute atomic E-state index is 14.2. The zero-order valence-corrected chi connectivity index (χ0v) is 24.4. The summed E-state index contributed by atoms with van der Waals surface area (Å²) < 4.78 is 19.2. The molecular formula is C31H29ClN2O5S. The van der Waals surface area contributed by atoms with Crippen molar-refractivity contribution < 1.29 is 19.0 Å². The number of halogens is 1. The molecule has 0 radical (unpaired) electrons. The zero-order valence-electron chi connectivity index (χ0n) is 22.9. The van der Waals surface area contributed by atoms with E-state index in [1.165, 1.54) is 11.3 Å². The number of carbonyl (C=O) groups excluding carboxylic acids is 1. The molecule has 0 spiro atoms. The van der Waals surface area contributed by atoms with Gasteiger partial charge >= 0.3 is 5.97 Å². The van der Waals surface area contributed by atoms with Gasteiger partial charge in [-0.2, -0.15) is 0 Å². The molecule has 0 unspecified atom stereocenters. The van der Waals surface area contributed by atoms with Crippen molar-refractivity contribution in [3.8, 4) is 11.5 Å². The standard InChI is InChI=1S/C31H29ClN2O5S/c1-6-38-30(36)26-18(4)33-31-34(28(26)27-22-10-8-7-9-19(22)11-13-24(27)37-5)29(35)25(40-31)16-20-15-21(32)12-14-23(20)39-17(2)3/h7-17,28H,6H2,1-5H3/b25-16+/t28-/m1/s1. The number of methoxy groups -OCH3 is 1. The molecule has 0 fully saturated rings. The Labute approximate surface area is 240 Å². The normalized spacial score (nSPS) is 15.3. The predicted octanol–water partition coefficient (Wildman–Crippen LogP) is 5.40. The van der Waals surface area contributed by atoms with E-state index in [-0.39, 0.29) is 18.3 Å². The highest BCUT2D eigenvalue weighted by molar-refractivity contribution is 7.07. The van der Waals surface area contributed by atoms with Gasteiger partial charge in [0, 0.05) is 16.1 Å². The summed E-state index contributed by atoms with van der Waals surface area (Å²) in [5, 5.41) is 2.34. The third-order valence-electron chi connectivity index (χ3n) is 6.56. The van der Waals surface area contributed by atoms with Crippen LogP contribution in [0.5, 0.6) is 11.5 Å². The molecule has 0 bridgehead atoms. The Morgan fingerprint density at radius 3 is 2.62 bits per heavy atom. The molecule has 206 valence electrons. The SMILES string of the molecule is CCOC(=O)C1=C(C)N=c2s/c(=C/c3cc(Cl)ccc3OC(C)C)c(=O)n2[C@H]1c1c(OC)ccc2ccccc12. The summed E-state index contributed by atoms with van der Waals surface area (Å²) in [4.78, 5) is 32.7. The van der Waals surface area contributed by atoms with Gasteiger partial charge in [0.1, 0.15) is 17.5 Å². The van der Waals surface area contributed by atoms with Gasteiger partial charge in [-0.05, 0) is 68.8 Å². The van der Waals surface area contributed by atoms with Crippen LogP contribution in [0.25, 0.3) is 16.8 Å². The van der Waals surface area contributed by atoms with Crippen LogP contribution in [0.15, 0.2) is 75.7 Å². The van der Waals surface area contributed by atoms with Gasteiger partial charge in [0.2, 0.25) is 0 Å². The molecular weight excluding hydrogens is 548 g/mol. The molecule has 5 rings (SSSR count). The average molecular weight is 577 g/mol. The first-order chi connectivity index (χ1) is 19.2. The minimum Gasteiger partial charge on any atom is -0.496 e. The molecule has 0 saturated carbocycles. The fourth-order valence-electron chi connectivity index (χ4n) is 4.93. The molecule has 40 heavy (non-hydrogen) atoms. The Morgan fingerprint density at radius 1 is 1.15 bits per heavy atom. The van der Waals surface area contributed by atoms with Crippen LogP contribution in [-0.4, -0.2) is 30.4 Å². The fraction of sp³-hybridized carbons (Fsp3) is 0.258. The number of ether oxygens (including phenoxy) is 3. The maximum atomic E-state index is 14.2. The van der Waals surface area contributed by atoms with Crippen molar-refractivity contribution in [3.05, 3.63) is 102 Å². The molecule has 1 atom stereocenters. The van der Waals surface area contributed by atoms with Crippen LogP contribution < -0.4 is 24.4 Å². The molecule has 0 aliphatic carbocycles. The molecule has 4 aromatic rings. The van der Waals surface area contributed by atoms with E-state index in [9.17, 15) is 9.59 Å². The van der Waals surface area contributed by atoms with Crippen molar-refractivity contribution in [1.29, 1.82) is 0 Å². The van der Waals surface area contributed by atoms with Crippen LogP contribution >= 0.6 is 22.9 Å². The Hall–Kier alpha value is -3.88. The molecule has 1 aromatic heterocycles. The van der Waals surface area contributed by atoms with Gasteiger partial charge in [-0.25, -0.2) is 9.79 Å². The van der Waals surface area contributed by atoms with Gasteiger partial charge < -0.3 is 14.2 Å². The summed E-state index contributed by atoms with van der Waals surface area (Å²) in [5.74, 6) is 0.638. The lowest BCUT2D eigenvalue weighted by Crippen LogP contribution is -2.40. The van der Waals surface area contributed by atoms with Crippen LogP contribution in [0.4, 0.5) is 0 Å². The van der Waals surface area contributed by atoms with Crippen LogP contribution in [0.2, 0.25) is 5.02 Å². The summed E-state index contributed by atoms with van der Waals surface area (Å²) in [7, 11) is 1.58. The Morgan fingerprint density at radius 2 is 1.90 bits per heavy atom. The molecule has 2 heterocycles. The van der Waals surface area contributed by atoms with Crippen molar-refractivity contribution >= 4 is 45.8 Å². The lowest BCUT2D eigenvalue weighted by atomic mass is 9.90. The van der Waals surface area contributed by atoms with Gasteiger partial charge in [0.15, 0.2) is 4.80 Å². The molecule has 1 aliphatic heterocycles. The molecule has 0 saturated heterocycles. The molecule has 0 N–H and O–H groups in total. The number of fused-ring (bicyclic) bond motifs is 2. The summed E-state index contributed by atoms with van der Waals surface area (Å²) in [6.07, 6.45) is 1.69. The van der Waals surface area contributed by atoms with Crippen molar-refractivity contribution in [2.75, 3.05) is 13.7 Å². The molecule has 9 heteroatoms. The molecule has 3 aromatic carbocycles. The number of hydrogen-bond acceptors (Lipinski definition) is 7. The van der Waals surface area contributed by atoms with E-state index in [4.69, 9.17) is 30.8 Å². The highest BCUT2D eigenvalue weighted by Crippen LogP contribution is 2.40. The first-order valence-electron chi connectivity index (χ1n) is 12.9. The summed E-state index contributed by atoms with van der Waals surface area (Å²) >= 11 is 7.55. The highest BCUT2D eigenvalue weighted by Gasteiger charge is 2.36. The van der Waals surface area contributed by atoms with Crippen LogP contribution in [-0.2, 0) is 9.53 Å². The Kier molecular flexibility index (Phi) is 7.83. The smallest absolute Gasteiger partial charge is 0.338 e. The lowest BCUT2D eigenvalue weighted by molar-refractivity contribution is -0.139. The largest absolute Gasteiger partial charge is 0.496 e. The average Bonchev–Trinajstić information content (AvgIpc) is 3.22. The number of benzene rings is 3. The van der Waals surface area contributed by atoms with E-state index in [0.717, 1.165) is 10.8 Å². The minimum atomic E-state index is -0.816. The van der Waals surface area contributed by atoms with Gasteiger partial charge in [-0.1, -0.05) is 53.3 Å². The topological polar surface area (TPSA) is 79.1 Å². The van der Waals surface area contributed by atoms with E-state index in [1.54, 1.807) is 49.8 Å². The first kappa shape index (κ1) is 27.7. The monoisotopic (exact) mass is 576 g/mol. The predicted molar refractivity (Wildman–Crippen MR) is 158 cm³/mol. The second-order valence-electron chi connectivity index (χ2n) is 9.55. The minimum absolute atomic E-state index is 0.0665. The third kappa shape index (κ3) is 5.05. The maximum Gasteiger partial charge on any atom is 0.338 e. The first-order valence-corrected chi connectivity index (χ1v) is 14.1. The van der Waals surface area contributed by atoms with Gasteiger partial charge in [0.25, 0.3) is 5.56 Å². The summed E-state index contributed by atoms with van der Waals surface area (Å²) in [6, 6.07) is 16.1.